The van der Waals surface area contributed by atoms with E-state index in [4.69, 9.17) is 9.47 Å². The molecule has 3 rings (SSSR count). The van der Waals surface area contributed by atoms with E-state index in [0.29, 0.717) is 18.5 Å². The first-order valence-corrected chi connectivity index (χ1v) is 14.2. The van der Waals surface area contributed by atoms with E-state index in [1.807, 2.05) is 61.5 Å². The van der Waals surface area contributed by atoms with Crippen molar-refractivity contribution in [2.24, 2.45) is 0 Å². The van der Waals surface area contributed by atoms with Gasteiger partial charge in [0.1, 0.15) is 0 Å². The maximum Gasteiger partial charge on any atom is 0.335 e. The number of benzene rings is 3. The van der Waals surface area contributed by atoms with E-state index in [0.717, 1.165) is 41.6 Å². The Morgan fingerprint density at radius 2 is 1.03 bits per heavy atom. The molecular weight excluding hydrogens is 455 g/mol. The molecule has 0 aromatic heterocycles. The first kappa shape index (κ1) is 26.5. The fourth-order valence-corrected chi connectivity index (χ4v) is 8.50. The normalized spacial score (nSPS) is 11.0. The van der Waals surface area contributed by atoms with Gasteiger partial charge in [-0.25, -0.2) is 4.79 Å². The van der Waals surface area contributed by atoms with Crippen molar-refractivity contribution in [3.05, 3.63) is 91.0 Å². The highest BCUT2D eigenvalue weighted by molar-refractivity contribution is 7.96. The summed E-state index contributed by atoms with van der Waals surface area (Å²) in [7, 11) is 0. The largest absolute Gasteiger partial charge is 0.465 e. The smallest absolute Gasteiger partial charge is 0.335 e. The molecule has 0 spiro atoms. The van der Waals surface area contributed by atoms with Gasteiger partial charge >= 0.3 is 11.9 Å². The van der Waals surface area contributed by atoms with Crippen molar-refractivity contribution in [3.8, 4) is 0 Å². The first-order chi connectivity index (χ1) is 17.1. The minimum atomic E-state index is -2.72. The Hall–Kier alpha value is -3.10. The maximum absolute atomic E-state index is 13.8. The number of carbonyl (C=O) groups excluding carboxylic acids is 2. The summed E-state index contributed by atoms with van der Waals surface area (Å²) in [5, 5.41) is 3.47. The van der Waals surface area contributed by atoms with E-state index in [1.54, 1.807) is 0 Å². The molecule has 0 aliphatic heterocycles. The Morgan fingerprint density at radius 3 is 1.43 bits per heavy atom. The lowest BCUT2D eigenvalue weighted by atomic mass is 10.3. The molecule has 0 aliphatic rings. The second-order valence-electron chi connectivity index (χ2n) is 8.36. The van der Waals surface area contributed by atoms with Gasteiger partial charge < -0.3 is 9.47 Å². The third-order valence-corrected chi connectivity index (χ3v) is 10.2. The molecule has 0 atom stereocenters. The SMILES string of the molecule is CCCCOC(=O)CC(C(=O)OCCCC)=P(c1ccccc1)(c1ccccc1)c1ccccc1. The predicted molar refractivity (Wildman–Crippen MR) is 147 cm³/mol. The summed E-state index contributed by atoms with van der Waals surface area (Å²) in [5.74, 6) is -0.816. The number of hydrogen-bond donors (Lipinski definition) is 0. The van der Waals surface area contributed by atoms with Gasteiger partial charge in [-0.1, -0.05) is 118 Å². The molecule has 0 heterocycles. The number of rotatable bonds is 12. The average molecular weight is 491 g/mol. The summed E-state index contributed by atoms with van der Waals surface area (Å²) < 4.78 is 11.3. The highest BCUT2D eigenvalue weighted by Crippen LogP contribution is 2.47. The Kier molecular flexibility index (Phi) is 10.4. The molecule has 5 heteroatoms. The van der Waals surface area contributed by atoms with Crippen molar-refractivity contribution in [2.75, 3.05) is 13.2 Å². The number of esters is 2. The number of carbonyl (C=O) groups is 2. The molecule has 3 aromatic rings. The van der Waals surface area contributed by atoms with Crippen molar-refractivity contribution in [1.82, 2.24) is 0 Å². The van der Waals surface area contributed by atoms with E-state index in [9.17, 15) is 9.59 Å². The third kappa shape index (κ3) is 6.52. The van der Waals surface area contributed by atoms with E-state index in [1.165, 1.54) is 0 Å². The van der Waals surface area contributed by atoms with Gasteiger partial charge in [0.15, 0.2) is 0 Å². The van der Waals surface area contributed by atoms with E-state index < -0.39 is 18.8 Å². The van der Waals surface area contributed by atoms with Crippen LogP contribution in [0.2, 0.25) is 0 Å². The molecule has 184 valence electrons. The molecule has 0 aliphatic carbocycles. The number of hydrogen-bond acceptors (Lipinski definition) is 4. The van der Waals surface area contributed by atoms with Crippen molar-refractivity contribution in [3.63, 3.8) is 0 Å². The topological polar surface area (TPSA) is 52.6 Å². The standard InChI is InChI=1S/C30H35O4P/c1-3-5-22-33-29(31)24-28(30(32)34-23-6-4-2)35(25-16-10-7-11-17-25,26-18-12-8-13-19-26)27-20-14-9-15-21-27/h7-21H,3-6,22-24H2,1-2H3. The molecule has 0 fully saturated rings. The lowest BCUT2D eigenvalue weighted by molar-refractivity contribution is -0.143. The van der Waals surface area contributed by atoms with Crippen LogP contribution in [0.5, 0.6) is 0 Å². The van der Waals surface area contributed by atoms with E-state index in [-0.39, 0.29) is 6.42 Å². The Labute approximate surface area is 209 Å². The maximum atomic E-state index is 13.8. The molecule has 0 radical (unpaired) electrons. The Morgan fingerprint density at radius 1 is 0.629 bits per heavy atom. The zero-order valence-electron chi connectivity index (χ0n) is 20.7. The fourth-order valence-electron chi connectivity index (χ4n) is 4.11. The van der Waals surface area contributed by atoms with Gasteiger partial charge in [-0.3, -0.25) is 4.79 Å². The van der Waals surface area contributed by atoms with Crippen LogP contribution in [-0.2, 0) is 19.1 Å². The van der Waals surface area contributed by atoms with Gasteiger partial charge in [0.05, 0.1) is 24.9 Å². The quantitative estimate of drug-likeness (QED) is 0.198. The first-order valence-electron chi connectivity index (χ1n) is 12.4. The lowest BCUT2D eigenvalue weighted by Crippen LogP contribution is -2.35. The van der Waals surface area contributed by atoms with Crippen LogP contribution in [0, 0.1) is 0 Å². The third-order valence-electron chi connectivity index (χ3n) is 5.87. The molecule has 4 nitrogen and oxygen atoms in total. The van der Waals surface area contributed by atoms with Crippen molar-refractivity contribution < 1.29 is 19.1 Å². The van der Waals surface area contributed by atoms with Gasteiger partial charge in [-0.15, -0.1) is 0 Å². The second-order valence-corrected chi connectivity index (χ2v) is 11.8. The molecule has 0 saturated carbocycles. The summed E-state index contributed by atoms with van der Waals surface area (Å²) in [6, 6.07) is 30.1. The van der Waals surface area contributed by atoms with E-state index >= 15 is 0 Å². The molecule has 0 bridgehead atoms. The van der Waals surface area contributed by atoms with Crippen LogP contribution >= 0.6 is 6.89 Å². The van der Waals surface area contributed by atoms with Crippen LogP contribution in [0.25, 0.3) is 0 Å². The molecule has 0 amide bonds. The molecule has 0 saturated heterocycles. The monoisotopic (exact) mass is 490 g/mol. The lowest BCUT2D eigenvalue weighted by Gasteiger charge is -2.32. The van der Waals surface area contributed by atoms with Gasteiger partial charge in [-0.05, 0) is 35.6 Å². The zero-order valence-corrected chi connectivity index (χ0v) is 21.6. The predicted octanol–water partition coefficient (Wildman–Crippen LogP) is 5.23. The summed E-state index contributed by atoms with van der Waals surface area (Å²) in [6.07, 6.45) is 3.29. The van der Waals surface area contributed by atoms with Gasteiger partial charge in [0.2, 0.25) is 0 Å². The second kappa shape index (κ2) is 13.7. The fraction of sp³-hybridized carbons (Fsp3) is 0.300. The van der Waals surface area contributed by atoms with Crippen LogP contribution in [0.1, 0.15) is 46.0 Å². The Bertz CT molecular complexity index is 1020. The van der Waals surface area contributed by atoms with Crippen LogP contribution < -0.4 is 15.9 Å². The molecule has 0 N–H and O–H groups in total. The minimum absolute atomic E-state index is 0.110. The number of unbranched alkanes of at least 4 members (excludes halogenated alkanes) is 2. The van der Waals surface area contributed by atoms with E-state index in [2.05, 4.69) is 43.3 Å². The van der Waals surface area contributed by atoms with Crippen LogP contribution in [-0.4, -0.2) is 30.4 Å². The molecular formula is C30H35O4P. The van der Waals surface area contributed by atoms with Gasteiger partial charge in [0.25, 0.3) is 0 Å². The van der Waals surface area contributed by atoms with Crippen molar-refractivity contribution in [2.45, 2.75) is 46.0 Å². The number of ether oxygens (including phenoxy) is 2. The van der Waals surface area contributed by atoms with Gasteiger partial charge in [-0.2, -0.15) is 0 Å². The van der Waals surface area contributed by atoms with Crippen LogP contribution in [0.3, 0.4) is 0 Å². The zero-order chi connectivity index (χ0) is 24.9. The summed E-state index contributed by atoms with van der Waals surface area (Å²) in [4.78, 5) is 26.9. The van der Waals surface area contributed by atoms with Crippen LogP contribution in [0.4, 0.5) is 0 Å². The summed E-state index contributed by atoms with van der Waals surface area (Å²) in [5.41, 5.74) is 0. The highest BCUT2D eigenvalue weighted by atomic mass is 31.2. The van der Waals surface area contributed by atoms with Crippen molar-refractivity contribution in [1.29, 1.82) is 0 Å². The molecule has 35 heavy (non-hydrogen) atoms. The minimum Gasteiger partial charge on any atom is -0.465 e. The molecule has 0 unspecified atom stereocenters. The highest BCUT2D eigenvalue weighted by Gasteiger charge is 2.35. The Balaban J connectivity index is 2.36. The molecule has 3 aromatic carbocycles. The van der Waals surface area contributed by atoms with Crippen LogP contribution in [0.15, 0.2) is 91.0 Å². The average Bonchev–Trinajstić information content (AvgIpc) is 2.90. The van der Waals surface area contributed by atoms with Gasteiger partial charge in [0, 0.05) is 0 Å². The van der Waals surface area contributed by atoms with Crippen molar-refractivity contribution >= 4 is 40.0 Å². The summed E-state index contributed by atoms with van der Waals surface area (Å²) in [6.45, 7) is 2.05. The summed E-state index contributed by atoms with van der Waals surface area (Å²) >= 11 is 0.